The van der Waals surface area contributed by atoms with Crippen LogP contribution < -0.4 is 4.74 Å². The van der Waals surface area contributed by atoms with Gasteiger partial charge in [-0.05, 0) is 56.4 Å². The molecule has 0 radical (unpaired) electrons. The number of carboxylic acids is 1. The lowest BCUT2D eigenvalue weighted by Gasteiger charge is -2.15. The van der Waals surface area contributed by atoms with E-state index in [0.717, 1.165) is 37.0 Å². The minimum atomic E-state index is -0.732. The monoisotopic (exact) mass is 366 g/mol. The van der Waals surface area contributed by atoms with Gasteiger partial charge in [0.15, 0.2) is 0 Å². The average Bonchev–Trinajstić information content (AvgIpc) is 3.20. The zero-order valence-corrected chi connectivity index (χ0v) is 16.4. The highest BCUT2D eigenvalue weighted by molar-refractivity contribution is 5.66. The molecule has 1 fully saturated rings. The van der Waals surface area contributed by atoms with E-state index in [1.54, 1.807) is 0 Å². The van der Waals surface area contributed by atoms with Gasteiger partial charge in [0.1, 0.15) is 11.9 Å². The van der Waals surface area contributed by atoms with Gasteiger partial charge in [0, 0.05) is 24.3 Å². The molecule has 27 heavy (non-hydrogen) atoms. The standard InChI is InChI=1S/C24H30O3/c1-3-4-8-17(2)9-5-10-18-15-16-21-23(18)20-13-6-11-19(24(20)27-21)12-7-14-22(25)26/h5-6,10-11,13,17-18,21,23H,7-9,12,14-16H2,1-2H3,(H,25,26)/b10-5+/t17?,18-,21-,23-/m0/s1. The molecule has 144 valence electrons. The molecule has 2 aliphatic rings. The molecule has 1 unspecified atom stereocenters. The normalized spacial score (nSPS) is 24.0. The van der Waals surface area contributed by atoms with E-state index in [0.29, 0.717) is 24.2 Å². The molecule has 3 heteroatoms. The molecule has 3 rings (SSSR count). The lowest BCUT2D eigenvalue weighted by Crippen LogP contribution is -2.14. The third-order valence-electron chi connectivity index (χ3n) is 5.79. The molecule has 4 atom stereocenters. The van der Waals surface area contributed by atoms with Crippen LogP contribution in [0.4, 0.5) is 0 Å². The summed E-state index contributed by atoms with van der Waals surface area (Å²) >= 11 is 0. The van der Waals surface area contributed by atoms with E-state index in [-0.39, 0.29) is 12.5 Å². The van der Waals surface area contributed by atoms with Gasteiger partial charge < -0.3 is 9.84 Å². The smallest absolute Gasteiger partial charge is 0.303 e. The van der Waals surface area contributed by atoms with Gasteiger partial charge in [-0.25, -0.2) is 0 Å². The summed E-state index contributed by atoms with van der Waals surface area (Å²) in [6, 6.07) is 6.39. The Morgan fingerprint density at radius 3 is 3.04 bits per heavy atom. The molecule has 1 aromatic rings. The fraction of sp³-hybridized carbons (Fsp3) is 0.542. The number of carbonyl (C=O) groups is 1. The zero-order chi connectivity index (χ0) is 19.2. The van der Waals surface area contributed by atoms with Gasteiger partial charge in [-0.15, -0.1) is 11.8 Å². The molecule has 0 saturated heterocycles. The van der Waals surface area contributed by atoms with Crippen molar-refractivity contribution in [1.29, 1.82) is 0 Å². The second-order valence-electron chi connectivity index (χ2n) is 7.91. The average molecular weight is 367 g/mol. The van der Waals surface area contributed by atoms with E-state index in [2.05, 4.69) is 49.1 Å². The molecule has 1 saturated carbocycles. The number of benzene rings is 1. The van der Waals surface area contributed by atoms with Gasteiger partial charge >= 0.3 is 5.97 Å². The topological polar surface area (TPSA) is 46.5 Å². The number of carboxylic acid groups (broad SMARTS) is 1. The maximum absolute atomic E-state index is 10.8. The summed E-state index contributed by atoms with van der Waals surface area (Å²) in [4.78, 5) is 10.8. The Morgan fingerprint density at radius 2 is 2.26 bits per heavy atom. The minimum Gasteiger partial charge on any atom is -0.489 e. The van der Waals surface area contributed by atoms with Crippen LogP contribution in [0.2, 0.25) is 0 Å². The fourth-order valence-electron chi connectivity index (χ4n) is 4.41. The SMILES string of the molecule is CC#CCC(C)C/C=C/[C@H]1CC[C@@H]2Oc3c(CCCC(=O)O)cccc3[C@@H]21. The molecule has 0 spiro atoms. The highest BCUT2D eigenvalue weighted by Gasteiger charge is 2.44. The molecule has 3 nitrogen and oxygen atoms in total. The van der Waals surface area contributed by atoms with Crippen LogP contribution in [0.25, 0.3) is 0 Å². The van der Waals surface area contributed by atoms with Crippen LogP contribution in [-0.2, 0) is 11.2 Å². The molecule has 1 aliphatic heterocycles. The number of fused-ring (bicyclic) bond motifs is 3. The number of hydrogen-bond donors (Lipinski definition) is 1. The summed E-state index contributed by atoms with van der Waals surface area (Å²) in [6.07, 6.45) is 11.0. The molecule has 1 heterocycles. The van der Waals surface area contributed by atoms with Gasteiger partial charge in [0.2, 0.25) is 0 Å². The summed E-state index contributed by atoms with van der Waals surface area (Å²) in [7, 11) is 0. The van der Waals surface area contributed by atoms with Crippen molar-refractivity contribution in [3.63, 3.8) is 0 Å². The van der Waals surface area contributed by atoms with E-state index < -0.39 is 5.97 Å². The number of aliphatic carboxylic acids is 1. The van der Waals surface area contributed by atoms with Crippen molar-refractivity contribution in [2.24, 2.45) is 11.8 Å². The quantitative estimate of drug-likeness (QED) is 0.499. The van der Waals surface area contributed by atoms with E-state index in [1.165, 1.54) is 12.0 Å². The molecule has 1 aliphatic carbocycles. The number of ether oxygens (including phenoxy) is 1. The number of para-hydroxylation sites is 1. The maximum atomic E-state index is 10.8. The first kappa shape index (κ1) is 19.5. The zero-order valence-electron chi connectivity index (χ0n) is 16.4. The Bertz CT molecular complexity index is 753. The Morgan fingerprint density at radius 1 is 1.41 bits per heavy atom. The Hall–Kier alpha value is -2.21. The van der Waals surface area contributed by atoms with Gasteiger partial charge in [-0.3, -0.25) is 4.79 Å². The Kier molecular flexibility index (Phi) is 6.61. The third kappa shape index (κ3) is 4.75. The largest absolute Gasteiger partial charge is 0.489 e. The predicted octanol–water partition coefficient (Wildman–Crippen LogP) is 5.34. The van der Waals surface area contributed by atoms with Crippen LogP contribution in [0, 0.1) is 23.7 Å². The maximum Gasteiger partial charge on any atom is 0.303 e. The van der Waals surface area contributed by atoms with Crippen LogP contribution in [0.5, 0.6) is 5.75 Å². The Labute approximate surface area is 162 Å². The van der Waals surface area contributed by atoms with Crippen molar-refractivity contribution in [1.82, 2.24) is 0 Å². The van der Waals surface area contributed by atoms with Gasteiger partial charge in [0.05, 0.1) is 0 Å². The third-order valence-corrected chi connectivity index (χ3v) is 5.79. The summed E-state index contributed by atoms with van der Waals surface area (Å²) in [5.41, 5.74) is 2.49. The van der Waals surface area contributed by atoms with Crippen LogP contribution in [0.1, 0.15) is 69.4 Å². The summed E-state index contributed by atoms with van der Waals surface area (Å²) < 4.78 is 6.33. The van der Waals surface area contributed by atoms with Crippen molar-refractivity contribution >= 4 is 5.97 Å². The molecule has 1 N–H and O–H groups in total. The second kappa shape index (κ2) is 9.13. The molecular weight excluding hydrogens is 336 g/mol. The molecule has 1 aromatic carbocycles. The highest BCUT2D eigenvalue weighted by atomic mass is 16.5. The number of rotatable bonds is 8. The highest BCUT2D eigenvalue weighted by Crippen LogP contribution is 2.51. The summed E-state index contributed by atoms with van der Waals surface area (Å²) in [5.74, 6) is 8.02. The van der Waals surface area contributed by atoms with Gasteiger partial charge in [-0.2, -0.15) is 0 Å². The van der Waals surface area contributed by atoms with Gasteiger partial charge in [0.25, 0.3) is 0 Å². The predicted molar refractivity (Wildman–Crippen MR) is 108 cm³/mol. The summed E-state index contributed by atoms with van der Waals surface area (Å²) in [6.45, 7) is 4.15. The number of allylic oxidation sites excluding steroid dienone is 2. The first-order valence-electron chi connectivity index (χ1n) is 10.2. The van der Waals surface area contributed by atoms with Crippen molar-refractivity contribution in [2.75, 3.05) is 0 Å². The van der Waals surface area contributed by atoms with Crippen molar-refractivity contribution in [3.05, 3.63) is 41.5 Å². The Balaban J connectivity index is 1.66. The number of hydrogen-bond acceptors (Lipinski definition) is 2. The van der Waals surface area contributed by atoms with Gasteiger partial charge in [-0.1, -0.05) is 37.3 Å². The lowest BCUT2D eigenvalue weighted by atomic mass is 9.87. The molecule has 0 aromatic heterocycles. The number of aryl methyl sites for hydroxylation is 1. The van der Waals surface area contributed by atoms with Crippen molar-refractivity contribution < 1.29 is 14.6 Å². The van der Waals surface area contributed by atoms with Crippen molar-refractivity contribution in [3.8, 4) is 17.6 Å². The first-order chi connectivity index (χ1) is 13.1. The fourth-order valence-corrected chi connectivity index (χ4v) is 4.41. The van der Waals surface area contributed by atoms with Crippen LogP contribution in [0.3, 0.4) is 0 Å². The van der Waals surface area contributed by atoms with Crippen molar-refractivity contribution in [2.45, 2.75) is 70.8 Å². The molecular formula is C24H30O3. The molecule has 0 bridgehead atoms. The van der Waals surface area contributed by atoms with E-state index >= 15 is 0 Å². The summed E-state index contributed by atoms with van der Waals surface area (Å²) in [5, 5.41) is 8.87. The second-order valence-corrected chi connectivity index (χ2v) is 7.91. The van der Waals surface area contributed by atoms with Crippen LogP contribution in [-0.4, -0.2) is 17.2 Å². The minimum absolute atomic E-state index is 0.211. The lowest BCUT2D eigenvalue weighted by molar-refractivity contribution is -0.137. The van der Waals surface area contributed by atoms with Crippen LogP contribution in [0.15, 0.2) is 30.4 Å². The van der Waals surface area contributed by atoms with E-state index in [9.17, 15) is 4.79 Å². The first-order valence-corrected chi connectivity index (χ1v) is 10.2. The van der Waals surface area contributed by atoms with E-state index in [4.69, 9.17) is 9.84 Å². The van der Waals surface area contributed by atoms with E-state index in [1.807, 2.05) is 6.92 Å². The van der Waals surface area contributed by atoms with Crippen LogP contribution >= 0.6 is 0 Å². The molecule has 0 amide bonds.